The third-order valence-electron chi connectivity index (χ3n) is 5.24. The molecule has 19 heavy (non-hydrogen) atoms. The minimum atomic E-state index is -2.84. The summed E-state index contributed by atoms with van der Waals surface area (Å²) in [6, 6.07) is 0.131. The second kappa shape index (κ2) is 5.20. The first-order valence-corrected chi connectivity index (χ1v) is 9.93. The van der Waals surface area contributed by atoms with Crippen LogP contribution in [0.25, 0.3) is 0 Å². The largest absolute Gasteiger partial charge is 0.329 e. The van der Waals surface area contributed by atoms with E-state index in [1.807, 2.05) is 11.8 Å². The Morgan fingerprint density at radius 2 is 2.11 bits per heavy atom. The molecule has 2 heterocycles. The summed E-state index contributed by atoms with van der Waals surface area (Å²) in [4.78, 5) is 2.30. The molecule has 0 aromatic heterocycles. The molecule has 2 rings (SSSR count). The zero-order chi connectivity index (χ0) is 14.3. The molecule has 112 valence electrons. The summed E-state index contributed by atoms with van der Waals surface area (Å²) in [7, 11) is -0.765. The van der Waals surface area contributed by atoms with Crippen LogP contribution in [0.15, 0.2) is 0 Å². The van der Waals surface area contributed by atoms with Gasteiger partial charge in [-0.3, -0.25) is 4.90 Å². The molecule has 0 aliphatic carbocycles. The van der Waals surface area contributed by atoms with Crippen LogP contribution in [-0.4, -0.2) is 61.5 Å². The number of hydrogen-bond donors (Lipinski definition) is 1. The molecule has 2 saturated heterocycles. The van der Waals surface area contributed by atoms with E-state index < -0.39 is 9.84 Å². The zero-order valence-electron chi connectivity index (χ0n) is 12.2. The number of nitrogens with zero attached hydrogens (tertiary/aromatic N) is 1. The Hall–Kier alpha value is 0.220. The number of hydrogen-bond acceptors (Lipinski definition) is 5. The minimum Gasteiger partial charge on any atom is -0.329 e. The summed E-state index contributed by atoms with van der Waals surface area (Å²) in [5, 5.41) is 0. The van der Waals surface area contributed by atoms with Crippen LogP contribution in [0.5, 0.6) is 0 Å². The average molecular weight is 306 g/mol. The molecule has 2 fully saturated rings. The second-order valence-electron chi connectivity index (χ2n) is 6.59. The SMILES string of the molecule is CN(C1CCS(=O)(=O)C1)C1(CN)CSCCC1(C)C. The molecule has 2 unspecified atom stereocenters. The van der Waals surface area contributed by atoms with Crippen molar-refractivity contribution in [3.63, 3.8) is 0 Å². The van der Waals surface area contributed by atoms with Gasteiger partial charge in [0.15, 0.2) is 9.84 Å². The van der Waals surface area contributed by atoms with Gasteiger partial charge >= 0.3 is 0 Å². The Balaban J connectivity index is 2.26. The molecular weight excluding hydrogens is 280 g/mol. The van der Waals surface area contributed by atoms with Gasteiger partial charge in [0.05, 0.1) is 11.5 Å². The van der Waals surface area contributed by atoms with E-state index >= 15 is 0 Å². The van der Waals surface area contributed by atoms with Gasteiger partial charge in [-0.25, -0.2) is 8.42 Å². The highest BCUT2D eigenvalue weighted by atomic mass is 32.2. The highest BCUT2D eigenvalue weighted by molar-refractivity contribution is 7.99. The van der Waals surface area contributed by atoms with Gasteiger partial charge in [0.1, 0.15) is 0 Å². The van der Waals surface area contributed by atoms with Gasteiger partial charge in [-0.05, 0) is 31.1 Å². The summed E-state index contributed by atoms with van der Waals surface area (Å²) in [5.74, 6) is 2.80. The van der Waals surface area contributed by atoms with Gasteiger partial charge in [0, 0.05) is 23.9 Å². The van der Waals surface area contributed by atoms with Crippen LogP contribution < -0.4 is 5.73 Å². The molecule has 0 spiro atoms. The van der Waals surface area contributed by atoms with Crippen LogP contribution in [0.4, 0.5) is 0 Å². The summed E-state index contributed by atoms with van der Waals surface area (Å²) in [5.41, 5.74) is 6.20. The normalized spacial score (nSPS) is 37.6. The Bertz CT molecular complexity index is 436. The van der Waals surface area contributed by atoms with Crippen LogP contribution in [-0.2, 0) is 9.84 Å². The number of likely N-dealkylation sites (N-methyl/N-ethyl adjacent to an activating group) is 1. The Morgan fingerprint density at radius 3 is 2.58 bits per heavy atom. The van der Waals surface area contributed by atoms with Crippen molar-refractivity contribution in [2.45, 2.75) is 38.3 Å². The van der Waals surface area contributed by atoms with Crippen molar-refractivity contribution in [1.29, 1.82) is 0 Å². The van der Waals surface area contributed by atoms with Crippen molar-refractivity contribution in [3.8, 4) is 0 Å². The first kappa shape index (κ1) is 15.6. The van der Waals surface area contributed by atoms with Crippen molar-refractivity contribution in [3.05, 3.63) is 0 Å². The third-order valence-corrected chi connectivity index (χ3v) is 8.17. The smallest absolute Gasteiger partial charge is 0.151 e. The van der Waals surface area contributed by atoms with Crippen molar-refractivity contribution in [2.75, 3.05) is 36.6 Å². The van der Waals surface area contributed by atoms with E-state index in [1.165, 1.54) is 5.75 Å². The maximum absolute atomic E-state index is 11.7. The zero-order valence-corrected chi connectivity index (χ0v) is 13.8. The van der Waals surface area contributed by atoms with Crippen molar-refractivity contribution < 1.29 is 8.42 Å². The quantitative estimate of drug-likeness (QED) is 0.841. The van der Waals surface area contributed by atoms with Crippen LogP contribution in [0.1, 0.15) is 26.7 Å². The molecule has 2 atom stereocenters. The summed E-state index contributed by atoms with van der Waals surface area (Å²) in [6.45, 7) is 5.15. The average Bonchev–Trinajstić information content (AvgIpc) is 2.69. The van der Waals surface area contributed by atoms with Crippen LogP contribution >= 0.6 is 11.8 Å². The summed E-state index contributed by atoms with van der Waals surface area (Å²) in [6.07, 6.45) is 1.89. The number of sulfone groups is 1. The van der Waals surface area contributed by atoms with Crippen LogP contribution in [0.3, 0.4) is 0 Å². The van der Waals surface area contributed by atoms with Gasteiger partial charge in [-0.15, -0.1) is 0 Å². The van der Waals surface area contributed by atoms with Crippen LogP contribution in [0, 0.1) is 5.41 Å². The second-order valence-corrected chi connectivity index (χ2v) is 9.92. The lowest BCUT2D eigenvalue weighted by Crippen LogP contribution is -2.67. The molecule has 2 aliphatic heterocycles. The molecule has 2 aliphatic rings. The standard InChI is InChI=1S/C13H26N2O2S2/c1-12(2)5-6-18-10-13(12,9-14)15(3)11-4-7-19(16,17)8-11/h11H,4-10,14H2,1-3H3. The number of thioether (sulfide) groups is 1. The van der Waals surface area contributed by atoms with Gasteiger partial charge in [0.2, 0.25) is 0 Å². The van der Waals surface area contributed by atoms with Gasteiger partial charge in [-0.2, -0.15) is 11.8 Å². The molecule has 0 radical (unpaired) electrons. The van der Waals surface area contributed by atoms with Crippen molar-refractivity contribution >= 4 is 21.6 Å². The van der Waals surface area contributed by atoms with Crippen molar-refractivity contribution in [2.24, 2.45) is 11.1 Å². The van der Waals surface area contributed by atoms with E-state index in [0.717, 1.165) is 18.6 Å². The molecular formula is C13H26N2O2S2. The van der Waals surface area contributed by atoms with E-state index in [-0.39, 0.29) is 17.0 Å². The fourth-order valence-electron chi connectivity index (χ4n) is 3.49. The van der Waals surface area contributed by atoms with Crippen molar-refractivity contribution in [1.82, 2.24) is 4.90 Å². The lowest BCUT2D eigenvalue weighted by molar-refractivity contribution is -0.00225. The Labute approximate surface area is 121 Å². The van der Waals surface area contributed by atoms with E-state index in [2.05, 4.69) is 25.8 Å². The first-order valence-electron chi connectivity index (χ1n) is 6.95. The maximum Gasteiger partial charge on any atom is 0.151 e. The molecule has 2 N–H and O–H groups in total. The number of rotatable bonds is 3. The molecule has 0 aromatic rings. The Morgan fingerprint density at radius 1 is 1.42 bits per heavy atom. The monoisotopic (exact) mass is 306 g/mol. The lowest BCUT2D eigenvalue weighted by atomic mass is 9.69. The van der Waals surface area contributed by atoms with Gasteiger partial charge in [0.25, 0.3) is 0 Å². The predicted molar refractivity (Wildman–Crippen MR) is 82.3 cm³/mol. The van der Waals surface area contributed by atoms with E-state index in [1.54, 1.807) is 0 Å². The Kier molecular flexibility index (Phi) is 4.27. The number of nitrogens with two attached hydrogens (primary N) is 1. The highest BCUT2D eigenvalue weighted by Gasteiger charge is 2.51. The highest BCUT2D eigenvalue weighted by Crippen LogP contribution is 2.46. The predicted octanol–water partition coefficient (Wildman–Crippen LogP) is 0.966. The molecule has 0 bridgehead atoms. The molecule has 4 nitrogen and oxygen atoms in total. The molecule has 6 heteroatoms. The fraction of sp³-hybridized carbons (Fsp3) is 1.00. The van der Waals surface area contributed by atoms with E-state index in [4.69, 9.17) is 5.73 Å². The molecule has 0 saturated carbocycles. The van der Waals surface area contributed by atoms with E-state index in [0.29, 0.717) is 18.1 Å². The van der Waals surface area contributed by atoms with Crippen LogP contribution in [0.2, 0.25) is 0 Å². The topological polar surface area (TPSA) is 63.4 Å². The summed E-state index contributed by atoms with van der Waals surface area (Å²) < 4.78 is 23.4. The lowest BCUT2D eigenvalue weighted by Gasteiger charge is -2.56. The minimum absolute atomic E-state index is 0.0829. The summed E-state index contributed by atoms with van der Waals surface area (Å²) >= 11 is 1.94. The maximum atomic E-state index is 11.7. The molecule has 0 aromatic carbocycles. The first-order chi connectivity index (χ1) is 8.74. The van der Waals surface area contributed by atoms with E-state index in [9.17, 15) is 8.42 Å². The fourth-order valence-corrected chi connectivity index (χ4v) is 7.11. The van der Waals surface area contributed by atoms with Gasteiger partial charge in [-0.1, -0.05) is 13.8 Å². The third kappa shape index (κ3) is 2.69. The molecule has 0 amide bonds. The van der Waals surface area contributed by atoms with Gasteiger partial charge < -0.3 is 5.73 Å².